The lowest BCUT2D eigenvalue weighted by molar-refractivity contribution is -0.125. The minimum absolute atomic E-state index is 0.0901. The average molecular weight is 415 g/mol. The Bertz CT molecular complexity index is 885. The third-order valence-electron chi connectivity index (χ3n) is 4.94. The van der Waals surface area contributed by atoms with Crippen molar-refractivity contribution in [3.05, 3.63) is 42.1 Å². The molecular weight excluding hydrogens is 384 g/mol. The molecule has 0 unspecified atom stereocenters. The zero-order valence-electron chi connectivity index (χ0n) is 18.0. The van der Waals surface area contributed by atoms with Crippen LogP contribution in [0.25, 0.3) is 11.3 Å². The van der Waals surface area contributed by atoms with Crippen molar-refractivity contribution >= 4 is 12.0 Å². The summed E-state index contributed by atoms with van der Waals surface area (Å²) in [4.78, 5) is 26.4. The second-order valence-corrected chi connectivity index (χ2v) is 8.48. The molecule has 1 fully saturated rings. The lowest BCUT2D eigenvalue weighted by Crippen LogP contribution is -2.47. The number of nitrogens with zero attached hydrogens (tertiary/aromatic N) is 3. The maximum absolute atomic E-state index is 12.7. The maximum Gasteiger partial charge on any atom is 0.411 e. The van der Waals surface area contributed by atoms with Crippen LogP contribution in [0.5, 0.6) is 0 Å². The van der Waals surface area contributed by atoms with Crippen LogP contribution in [0.4, 0.5) is 4.79 Å². The first-order chi connectivity index (χ1) is 14.2. The van der Waals surface area contributed by atoms with Gasteiger partial charge in [-0.15, -0.1) is 0 Å². The molecule has 0 radical (unpaired) electrons. The molecule has 30 heavy (non-hydrogen) atoms. The minimum atomic E-state index is -0.743. The molecule has 0 aliphatic carbocycles. The van der Waals surface area contributed by atoms with Crippen LogP contribution in [0, 0.1) is 0 Å². The number of aryl methyl sites for hydroxylation is 1. The first-order valence-electron chi connectivity index (χ1n) is 10.2. The molecule has 2 atom stereocenters. The van der Waals surface area contributed by atoms with E-state index in [0.717, 1.165) is 23.4 Å². The summed E-state index contributed by atoms with van der Waals surface area (Å²) in [6.07, 6.45) is 0.650. The first kappa shape index (κ1) is 21.8. The fourth-order valence-electron chi connectivity index (χ4n) is 3.51. The Morgan fingerprint density at radius 2 is 1.93 bits per heavy atom. The van der Waals surface area contributed by atoms with Crippen molar-refractivity contribution in [2.75, 3.05) is 6.54 Å². The average Bonchev–Trinajstić information content (AvgIpc) is 3.31. The first-order valence-corrected chi connectivity index (χ1v) is 10.2. The van der Waals surface area contributed by atoms with Crippen molar-refractivity contribution < 1.29 is 19.4 Å². The van der Waals surface area contributed by atoms with Crippen LogP contribution in [0.1, 0.15) is 39.7 Å². The molecule has 1 aromatic carbocycles. The molecule has 0 spiro atoms. The molecule has 1 aliphatic heterocycles. The van der Waals surface area contributed by atoms with Crippen molar-refractivity contribution in [1.29, 1.82) is 0 Å². The highest BCUT2D eigenvalue weighted by molar-refractivity contribution is 5.86. The molecule has 2 N–H and O–H groups in total. The van der Waals surface area contributed by atoms with E-state index in [2.05, 4.69) is 10.4 Å². The highest BCUT2D eigenvalue weighted by atomic mass is 16.6. The van der Waals surface area contributed by atoms with Gasteiger partial charge in [0.25, 0.3) is 0 Å². The summed E-state index contributed by atoms with van der Waals surface area (Å²) in [7, 11) is 0. The molecule has 2 heterocycles. The van der Waals surface area contributed by atoms with Crippen molar-refractivity contribution in [1.82, 2.24) is 20.0 Å². The van der Waals surface area contributed by atoms with Gasteiger partial charge in [-0.2, -0.15) is 5.10 Å². The van der Waals surface area contributed by atoms with Crippen molar-refractivity contribution in [2.24, 2.45) is 0 Å². The Labute approximate surface area is 176 Å². The standard InChI is InChI=1S/C22H30N4O4/c1-5-26-18(10-11-24-26)16-8-6-15(7-9-16)13-23-20(28)19-12-17(27)14-25(19)21(29)30-22(2,3)4/h6-11,17,19,27H,5,12-14H2,1-4H3,(H,23,28)/t17-,19+/m1/s1. The number of amides is 2. The summed E-state index contributed by atoms with van der Waals surface area (Å²) in [5.41, 5.74) is 2.37. The summed E-state index contributed by atoms with van der Waals surface area (Å²) in [6, 6.07) is 9.13. The molecule has 1 aromatic heterocycles. The Kier molecular flexibility index (Phi) is 6.45. The summed E-state index contributed by atoms with van der Waals surface area (Å²) in [5, 5.41) is 17.1. The van der Waals surface area contributed by atoms with Crippen LogP contribution < -0.4 is 5.32 Å². The Balaban J connectivity index is 1.61. The molecule has 2 amide bonds. The number of hydrogen-bond donors (Lipinski definition) is 2. The number of rotatable bonds is 5. The van der Waals surface area contributed by atoms with Crippen LogP contribution in [0.2, 0.25) is 0 Å². The molecule has 1 saturated heterocycles. The van der Waals surface area contributed by atoms with Crippen LogP contribution in [-0.4, -0.2) is 56.1 Å². The highest BCUT2D eigenvalue weighted by Gasteiger charge is 2.40. The smallest absolute Gasteiger partial charge is 0.411 e. The molecule has 8 heteroatoms. The monoisotopic (exact) mass is 414 g/mol. The number of hydrogen-bond acceptors (Lipinski definition) is 5. The van der Waals surface area contributed by atoms with Gasteiger partial charge in [0, 0.05) is 25.7 Å². The van der Waals surface area contributed by atoms with E-state index in [0.29, 0.717) is 6.54 Å². The van der Waals surface area contributed by atoms with E-state index in [-0.39, 0.29) is 18.9 Å². The molecule has 2 aromatic rings. The van der Waals surface area contributed by atoms with Gasteiger partial charge in [-0.3, -0.25) is 14.4 Å². The zero-order valence-corrected chi connectivity index (χ0v) is 18.0. The fourth-order valence-corrected chi connectivity index (χ4v) is 3.51. The van der Waals surface area contributed by atoms with Crippen LogP contribution >= 0.6 is 0 Å². The Hall–Kier alpha value is -2.87. The van der Waals surface area contributed by atoms with Gasteiger partial charge in [0.2, 0.25) is 5.91 Å². The second-order valence-electron chi connectivity index (χ2n) is 8.48. The Morgan fingerprint density at radius 3 is 2.57 bits per heavy atom. The van der Waals surface area contributed by atoms with Gasteiger partial charge in [-0.1, -0.05) is 24.3 Å². The van der Waals surface area contributed by atoms with Crippen molar-refractivity contribution in [2.45, 2.75) is 65.0 Å². The number of nitrogens with one attached hydrogen (secondary N) is 1. The van der Waals surface area contributed by atoms with Crippen LogP contribution in [0.15, 0.2) is 36.5 Å². The summed E-state index contributed by atoms with van der Waals surface area (Å²) < 4.78 is 7.29. The van der Waals surface area contributed by atoms with Gasteiger partial charge in [0.15, 0.2) is 0 Å². The molecule has 0 saturated carbocycles. The van der Waals surface area contributed by atoms with Gasteiger partial charge >= 0.3 is 6.09 Å². The number of aromatic nitrogens is 2. The highest BCUT2D eigenvalue weighted by Crippen LogP contribution is 2.22. The maximum atomic E-state index is 12.7. The summed E-state index contributed by atoms with van der Waals surface area (Å²) in [5.74, 6) is -0.300. The number of ether oxygens (including phenoxy) is 1. The molecule has 1 aliphatic rings. The molecule has 0 bridgehead atoms. The largest absolute Gasteiger partial charge is 0.444 e. The number of aliphatic hydroxyl groups excluding tert-OH is 1. The molecular formula is C22H30N4O4. The van der Waals surface area contributed by atoms with Gasteiger partial charge in [0.05, 0.1) is 18.3 Å². The van der Waals surface area contributed by atoms with E-state index in [9.17, 15) is 14.7 Å². The number of likely N-dealkylation sites (tertiary alicyclic amines) is 1. The predicted molar refractivity (Wildman–Crippen MR) is 113 cm³/mol. The lowest BCUT2D eigenvalue weighted by atomic mass is 10.1. The van der Waals surface area contributed by atoms with Crippen molar-refractivity contribution in [3.8, 4) is 11.3 Å². The normalized spacial score (nSPS) is 19.0. The van der Waals surface area contributed by atoms with Crippen molar-refractivity contribution in [3.63, 3.8) is 0 Å². The quantitative estimate of drug-likeness (QED) is 0.784. The van der Waals surface area contributed by atoms with E-state index < -0.39 is 23.8 Å². The van der Waals surface area contributed by atoms with E-state index >= 15 is 0 Å². The lowest BCUT2D eigenvalue weighted by Gasteiger charge is -2.27. The zero-order chi connectivity index (χ0) is 21.9. The number of aliphatic hydroxyl groups is 1. The minimum Gasteiger partial charge on any atom is -0.444 e. The SMILES string of the molecule is CCn1nccc1-c1ccc(CNC(=O)[C@@H]2C[C@@H](O)CN2C(=O)OC(C)(C)C)cc1. The third-order valence-corrected chi connectivity index (χ3v) is 4.94. The van der Waals surface area contributed by atoms with E-state index in [4.69, 9.17) is 4.74 Å². The number of β-amino-alcohol motifs (C(OH)–C–C–N with tert-alkyl or cyclic N) is 1. The van der Waals surface area contributed by atoms with Gasteiger partial charge in [0.1, 0.15) is 11.6 Å². The van der Waals surface area contributed by atoms with Crippen LogP contribution in [0.3, 0.4) is 0 Å². The second kappa shape index (κ2) is 8.87. The summed E-state index contributed by atoms with van der Waals surface area (Å²) >= 11 is 0. The summed E-state index contributed by atoms with van der Waals surface area (Å²) in [6.45, 7) is 8.56. The third kappa shape index (κ3) is 5.18. The number of carbonyl (C=O) groups excluding carboxylic acids is 2. The predicted octanol–water partition coefficient (Wildman–Crippen LogP) is 2.56. The van der Waals surface area contributed by atoms with E-state index in [1.54, 1.807) is 27.0 Å². The Morgan fingerprint density at radius 1 is 1.23 bits per heavy atom. The number of benzene rings is 1. The topological polar surface area (TPSA) is 96.7 Å². The molecule has 8 nitrogen and oxygen atoms in total. The van der Waals surface area contributed by atoms with E-state index in [1.165, 1.54) is 4.90 Å². The fraction of sp³-hybridized carbons (Fsp3) is 0.500. The van der Waals surface area contributed by atoms with Gasteiger partial charge in [-0.25, -0.2) is 4.79 Å². The molecule has 162 valence electrons. The van der Waals surface area contributed by atoms with E-state index in [1.807, 2.05) is 41.9 Å². The number of carbonyl (C=O) groups is 2. The molecule has 3 rings (SSSR count). The van der Waals surface area contributed by atoms with Gasteiger partial charge in [-0.05, 0) is 44.9 Å². The van der Waals surface area contributed by atoms with Gasteiger partial charge < -0.3 is 15.2 Å². The van der Waals surface area contributed by atoms with Crippen LogP contribution in [-0.2, 0) is 22.6 Å².